The van der Waals surface area contributed by atoms with Gasteiger partial charge in [-0.3, -0.25) is 4.98 Å². The minimum atomic E-state index is -3.77. The van der Waals surface area contributed by atoms with Crippen LogP contribution in [0.4, 0.5) is 24.5 Å². The third-order valence-electron chi connectivity index (χ3n) is 10.2. The molecular weight excluding hydrogens is 703 g/mol. The van der Waals surface area contributed by atoms with Crippen LogP contribution in [-0.4, -0.2) is 81.9 Å². The first-order valence-corrected chi connectivity index (χ1v) is 17.4. The standard InChI is InChI=1S/C37H38F3N11O3/c1-4-31(24(2)52)50-35(54)49(23-43-50)33-16-14-30(22-42-33)48-19-17-47(18-20-48)29-12-5-25(6-13-29)26-7-15-32(41-21-26)37(39,40)36(3,51-34(53)44-45-46-51)27-8-10-28(38)11-9-27/h5-16,21-24,31,52H,4,17-20H2,1-3H3,(H,44,46,53)/t24-,31-,36+/m0/s1. The molecule has 0 amide bonds. The summed E-state index contributed by atoms with van der Waals surface area (Å²) >= 11 is 0. The van der Waals surface area contributed by atoms with Crippen LogP contribution in [-0.2, 0) is 11.5 Å². The molecule has 0 bridgehead atoms. The number of pyridine rings is 2. The van der Waals surface area contributed by atoms with Gasteiger partial charge in [0.15, 0.2) is 5.54 Å². The van der Waals surface area contributed by atoms with Gasteiger partial charge in [0.05, 0.1) is 24.0 Å². The van der Waals surface area contributed by atoms with Crippen LogP contribution in [0.25, 0.3) is 16.9 Å². The molecule has 1 saturated heterocycles. The van der Waals surface area contributed by atoms with Crippen molar-refractivity contribution in [3.63, 3.8) is 0 Å². The largest absolute Gasteiger partial charge is 0.391 e. The summed E-state index contributed by atoms with van der Waals surface area (Å²) in [6, 6.07) is 18.2. The van der Waals surface area contributed by atoms with Crippen LogP contribution in [0.5, 0.6) is 0 Å². The quantitative estimate of drug-likeness (QED) is 0.198. The van der Waals surface area contributed by atoms with E-state index in [0.29, 0.717) is 22.5 Å². The number of rotatable bonds is 11. The highest BCUT2D eigenvalue weighted by atomic mass is 19.3. The number of alkyl halides is 2. The lowest BCUT2D eigenvalue weighted by Crippen LogP contribution is -2.51. The van der Waals surface area contributed by atoms with Gasteiger partial charge in [0.25, 0.3) is 0 Å². The average Bonchev–Trinajstić information content (AvgIpc) is 3.80. The summed E-state index contributed by atoms with van der Waals surface area (Å²) in [4.78, 5) is 38.6. The summed E-state index contributed by atoms with van der Waals surface area (Å²) in [5.41, 5.74) is -1.02. The number of aliphatic hydroxyl groups excluding tert-OH is 1. The first kappa shape index (κ1) is 36.3. The van der Waals surface area contributed by atoms with E-state index >= 15 is 8.78 Å². The van der Waals surface area contributed by atoms with Gasteiger partial charge in [0.1, 0.15) is 23.7 Å². The van der Waals surface area contributed by atoms with Crippen LogP contribution in [0.15, 0.2) is 101 Å². The number of nitrogens with zero attached hydrogens (tertiary/aromatic N) is 10. The zero-order valence-corrected chi connectivity index (χ0v) is 29.7. The predicted octanol–water partition coefficient (Wildman–Crippen LogP) is 4.12. The SMILES string of the molecule is CC[C@@H]([C@H](C)O)n1ncn(-c2ccc(N3CCN(c4ccc(-c5ccc(C(F)(F)[C@@](C)(c6ccc(F)cc6)n6nn[nH]c6=O)nc5)cc4)CC3)cn2)c1=O. The van der Waals surface area contributed by atoms with E-state index in [1.807, 2.05) is 37.3 Å². The second kappa shape index (κ2) is 14.4. The number of aliphatic hydroxyl groups is 1. The van der Waals surface area contributed by atoms with Crippen molar-refractivity contribution in [1.29, 1.82) is 0 Å². The molecule has 3 atom stereocenters. The lowest BCUT2D eigenvalue weighted by molar-refractivity contribution is -0.103. The first-order valence-electron chi connectivity index (χ1n) is 17.4. The molecule has 17 heteroatoms. The van der Waals surface area contributed by atoms with Gasteiger partial charge in [-0.2, -0.15) is 18.6 Å². The second-order valence-corrected chi connectivity index (χ2v) is 13.3. The third kappa shape index (κ3) is 6.44. The summed E-state index contributed by atoms with van der Waals surface area (Å²) < 4.78 is 49.7. The van der Waals surface area contributed by atoms with Crippen molar-refractivity contribution in [3.05, 3.63) is 130 Å². The van der Waals surface area contributed by atoms with Gasteiger partial charge in [-0.25, -0.2) is 33.3 Å². The maximum Gasteiger partial charge on any atom is 0.362 e. The molecule has 1 aliphatic heterocycles. The number of piperazine rings is 1. The molecule has 7 rings (SSSR count). The van der Waals surface area contributed by atoms with E-state index in [-0.39, 0.29) is 11.3 Å². The fraction of sp³-hybridized carbons (Fsp3) is 0.324. The number of halogens is 3. The Morgan fingerprint density at radius 2 is 1.50 bits per heavy atom. The van der Waals surface area contributed by atoms with E-state index in [1.54, 1.807) is 25.3 Å². The van der Waals surface area contributed by atoms with E-state index in [1.165, 1.54) is 40.0 Å². The Morgan fingerprint density at radius 3 is 2.06 bits per heavy atom. The number of hydrogen-bond donors (Lipinski definition) is 2. The van der Waals surface area contributed by atoms with Gasteiger partial charge in [0.2, 0.25) is 0 Å². The minimum absolute atomic E-state index is 0.0562. The molecule has 5 heterocycles. The normalized spacial score (nSPS) is 15.9. The van der Waals surface area contributed by atoms with Crippen molar-refractivity contribution >= 4 is 11.4 Å². The van der Waals surface area contributed by atoms with E-state index in [2.05, 4.69) is 40.4 Å². The molecule has 0 saturated carbocycles. The van der Waals surface area contributed by atoms with Crippen molar-refractivity contribution < 1.29 is 18.3 Å². The summed E-state index contributed by atoms with van der Waals surface area (Å²) in [5.74, 6) is -3.94. The Kier molecular flexibility index (Phi) is 9.66. The summed E-state index contributed by atoms with van der Waals surface area (Å²) in [7, 11) is 0. The number of anilines is 2. The topological polar surface area (TPSA) is 156 Å². The van der Waals surface area contributed by atoms with E-state index in [4.69, 9.17) is 0 Å². The zero-order chi connectivity index (χ0) is 38.2. The molecule has 4 aromatic heterocycles. The van der Waals surface area contributed by atoms with Gasteiger partial charge in [-0.1, -0.05) is 37.3 Å². The van der Waals surface area contributed by atoms with Crippen molar-refractivity contribution in [2.75, 3.05) is 36.0 Å². The van der Waals surface area contributed by atoms with E-state index in [9.17, 15) is 19.1 Å². The van der Waals surface area contributed by atoms with Gasteiger partial charge < -0.3 is 14.9 Å². The Balaban J connectivity index is 1.01. The lowest BCUT2D eigenvalue weighted by Gasteiger charge is -2.37. The zero-order valence-electron chi connectivity index (χ0n) is 29.7. The number of tetrazole rings is 1. The summed E-state index contributed by atoms with van der Waals surface area (Å²) in [5, 5.41) is 23.3. The molecule has 280 valence electrons. The molecule has 6 aromatic rings. The maximum atomic E-state index is 16.4. The Bertz CT molecular complexity index is 2310. The summed E-state index contributed by atoms with van der Waals surface area (Å²) in [6.07, 6.45) is 4.35. The highest BCUT2D eigenvalue weighted by Gasteiger charge is 2.57. The maximum absolute atomic E-state index is 16.4. The summed E-state index contributed by atoms with van der Waals surface area (Å²) in [6.45, 7) is 7.64. The molecule has 0 aliphatic carbocycles. The molecule has 0 unspecified atom stereocenters. The first-order chi connectivity index (χ1) is 25.9. The van der Waals surface area contributed by atoms with E-state index in [0.717, 1.165) is 62.2 Å². The van der Waals surface area contributed by atoms with Gasteiger partial charge in [-0.05, 0) is 84.3 Å². The molecule has 0 spiro atoms. The molecule has 2 N–H and O–H groups in total. The molecule has 14 nitrogen and oxygen atoms in total. The smallest absolute Gasteiger partial charge is 0.362 e. The fourth-order valence-corrected chi connectivity index (χ4v) is 6.92. The Morgan fingerprint density at radius 1 is 0.852 bits per heavy atom. The van der Waals surface area contributed by atoms with Crippen LogP contribution in [0.1, 0.15) is 44.5 Å². The van der Waals surface area contributed by atoms with Crippen molar-refractivity contribution in [1.82, 2.24) is 44.5 Å². The van der Waals surface area contributed by atoms with Crippen LogP contribution >= 0.6 is 0 Å². The Labute approximate surface area is 307 Å². The monoisotopic (exact) mass is 741 g/mol. The predicted molar refractivity (Wildman–Crippen MR) is 194 cm³/mol. The lowest BCUT2D eigenvalue weighted by atomic mass is 9.83. The van der Waals surface area contributed by atoms with Gasteiger partial charge in [-0.15, -0.1) is 0 Å². The number of H-pyrrole nitrogens is 1. The molecule has 2 aromatic carbocycles. The highest BCUT2D eigenvalue weighted by Crippen LogP contribution is 2.46. The van der Waals surface area contributed by atoms with Crippen LogP contribution in [0.2, 0.25) is 0 Å². The Hall–Kier alpha value is -6.10. The van der Waals surface area contributed by atoms with Crippen LogP contribution in [0.3, 0.4) is 0 Å². The number of aromatic amines is 1. The molecule has 54 heavy (non-hydrogen) atoms. The van der Waals surface area contributed by atoms with Gasteiger partial charge >= 0.3 is 17.3 Å². The average molecular weight is 742 g/mol. The molecule has 1 fully saturated rings. The molecule has 1 aliphatic rings. The molecular formula is C37H38F3N11O3. The third-order valence-corrected chi connectivity index (χ3v) is 10.2. The minimum Gasteiger partial charge on any atom is -0.391 e. The highest BCUT2D eigenvalue weighted by molar-refractivity contribution is 5.66. The van der Waals surface area contributed by atoms with Crippen LogP contribution in [0, 0.1) is 5.82 Å². The second-order valence-electron chi connectivity index (χ2n) is 13.3. The number of aromatic nitrogens is 9. The van der Waals surface area contributed by atoms with Crippen molar-refractivity contribution in [2.45, 2.75) is 50.8 Å². The van der Waals surface area contributed by atoms with E-state index < -0.39 is 40.8 Å². The van der Waals surface area contributed by atoms with Gasteiger partial charge in [0, 0.05) is 43.6 Å². The number of benzene rings is 2. The van der Waals surface area contributed by atoms with Crippen LogP contribution < -0.4 is 21.2 Å². The number of nitrogens with one attached hydrogen (secondary N) is 1. The molecule has 0 radical (unpaired) electrons. The number of hydrogen-bond acceptors (Lipinski definition) is 10. The van der Waals surface area contributed by atoms with Crippen molar-refractivity contribution in [3.8, 4) is 16.9 Å². The van der Waals surface area contributed by atoms with Crippen molar-refractivity contribution in [2.24, 2.45) is 0 Å². The fourth-order valence-electron chi connectivity index (χ4n) is 6.92.